The number of halogens is 3. The summed E-state index contributed by atoms with van der Waals surface area (Å²) in [5.74, 6) is 0.479. The maximum Gasteiger partial charge on any atom is 0.0832 e. The van der Waals surface area contributed by atoms with Crippen molar-refractivity contribution in [3.63, 3.8) is 0 Å². The molecule has 0 unspecified atom stereocenters. The smallest absolute Gasteiger partial charge is 0.0832 e. The van der Waals surface area contributed by atoms with E-state index >= 15 is 0 Å². The van der Waals surface area contributed by atoms with Gasteiger partial charge in [-0.25, -0.2) is 0 Å². The van der Waals surface area contributed by atoms with E-state index in [1.54, 1.807) is 0 Å². The van der Waals surface area contributed by atoms with Gasteiger partial charge in [0, 0.05) is 11.4 Å². The van der Waals surface area contributed by atoms with Crippen molar-refractivity contribution in [2.24, 2.45) is 0 Å². The van der Waals surface area contributed by atoms with Crippen LogP contribution in [0.25, 0.3) is 0 Å². The molecule has 0 aromatic carbocycles. The van der Waals surface area contributed by atoms with Gasteiger partial charge >= 0.3 is 0 Å². The molecule has 0 heterocycles. The minimum absolute atomic E-state index is 0.345. The first kappa shape index (κ1) is 9.57. The van der Waals surface area contributed by atoms with Gasteiger partial charge in [0.15, 0.2) is 0 Å². The van der Waals surface area contributed by atoms with Crippen molar-refractivity contribution in [2.45, 2.75) is 0 Å². The number of hydrogen-bond acceptors (Lipinski definition) is 1. The van der Waals surface area contributed by atoms with Crippen LogP contribution in [-0.4, -0.2) is 19.1 Å². The van der Waals surface area contributed by atoms with Crippen molar-refractivity contribution >= 4 is 34.8 Å². The van der Waals surface area contributed by atoms with Gasteiger partial charge in [-0.1, -0.05) is 23.2 Å². The Bertz CT molecular complexity index is 92.2. The molecule has 0 rings (SSSR count). The molecule has 0 aliphatic carbocycles. The summed E-state index contributed by atoms with van der Waals surface area (Å²) in [5.41, 5.74) is 1.27. The monoisotopic (exact) mass is 188 g/mol. The highest BCUT2D eigenvalue weighted by Gasteiger charge is 1.89. The summed E-state index contributed by atoms with van der Waals surface area (Å²) in [6, 6.07) is 0. The Balaban J connectivity index is 3.07. The van der Waals surface area contributed by atoms with E-state index in [9.17, 15) is 0 Å². The van der Waals surface area contributed by atoms with Crippen molar-refractivity contribution < 1.29 is 4.74 Å². The van der Waals surface area contributed by atoms with Crippen LogP contribution >= 0.6 is 34.8 Å². The molecule has 0 atom stereocenters. The molecule has 0 aromatic rings. The predicted octanol–water partition coefficient (Wildman–Crippen LogP) is 2.56. The van der Waals surface area contributed by atoms with Gasteiger partial charge in [0.2, 0.25) is 0 Å². The molecule has 0 bridgehead atoms. The predicted molar refractivity (Wildman–Crippen MR) is 41.3 cm³/mol. The number of rotatable bonds is 4. The zero-order valence-corrected chi connectivity index (χ0v) is 7.01. The summed E-state index contributed by atoms with van der Waals surface area (Å²) in [6.07, 6.45) is 0. The van der Waals surface area contributed by atoms with Crippen molar-refractivity contribution in [3.8, 4) is 0 Å². The fraction of sp³-hybridized carbons (Fsp3) is 0.600. The minimum atomic E-state index is 0.345. The van der Waals surface area contributed by atoms with E-state index in [0.717, 1.165) is 0 Å². The Hall–Kier alpha value is 0.570. The minimum Gasteiger partial charge on any atom is -0.375 e. The molecule has 0 aliphatic rings. The van der Waals surface area contributed by atoms with Crippen LogP contribution in [0.2, 0.25) is 0 Å². The van der Waals surface area contributed by atoms with E-state index in [0.29, 0.717) is 24.1 Å². The molecular formula is C5H7Cl3O. The highest BCUT2D eigenvalue weighted by atomic mass is 35.5. The Morgan fingerprint density at radius 2 is 2.22 bits per heavy atom. The molecule has 0 saturated carbocycles. The molecule has 0 N–H and O–H groups in total. The molecule has 9 heavy (non-hydrogen) atoms. The number of alkyl halides is 1. The molecule has 1 nitrogen and oxygen atoms in total. The van der Waals surface area contributed by atoms with Crippen LogP contribution in [0.5, 0.6) is 0 Å². The van der Waals surface area contributed by atoms with Gasteiger partial charge in [0.1, 0.15) is 0 Å². The third-order valence-corrected chi connectivity index (χ3v) is 1.33. The Labute approximate surface area is 69.5 Å². The third-order valence-electron chi connectivity index (χ3n) is 0.580. The quantitative estimate of drug-likeness (QED) is 0.488. The molecule has 0 amide bonds. The fourth-order valence-electron chi connectivity index (χ4n) is 0.256. The first-order valence-electron chi connectivity index (χ1n) is 2.39. The second-order valence-corrected chi connectivity index (χ2v) is 2.38. The van der Waals surface area contributed by atoms with E-state index in [1.165, 1.54) is 5.54 Å². The van der Waals surface area contributed by atoms with Gasteiger partial charge in [-0.2, -0.15) is 0 Å². The van der Waals surface area contributed by atoms with Gasteiger partial charge in [0.25, 0.3) is 0 Å². The fourth-order valence-corrected chi connectivity index (χ4v) is 0.505. The standard InChI is InChI=1S/C5H7Cl3O/c6-1-2-9-4-5(8)3-7/h3H,1-2,4H2/b5-3+. The molecular weight excluding hydrogens is 182 g/mol. The van der Waals surface area contributed by atoms with E-state index in [4.69, 9.17) is 39.5 Å². The molecule has 54 valence electrons. The molecule has 4 heteroatoms. The second kappa shape index (κ2) is 6.69. The summed E-state index contributed by atoms with van der Waals surface area (Å²) in [7, 11) is 0. The summed E-state index contributed by atoms with van der Waals surface area (Å²) >= 11 is 16.0. The zero-order valence-electron chi connectivity index (χ0n) is 4.74. The Morgan fingerprint density at radius 3 is 2.67 bits per heavy atom. The molecule has 0 aromatic heterocycles. The molecule has 0 aliphatic heterocycles. The van der Waals surface area contributed by atoms with E-state index in [-0.39, 0.29) is 0 Å². The van der Waals surface area contributed by atoms with Crippen LogP contribution in [0, 0.1) is 0 Å². The average Bonchev–Trinajstić information content (AvgIpc) is 1.89. The first-order chi connectivity index (χ1) is 4.31. The lowest BCUT2D eigenvalue weighted by Gasteiger charge is -1.97. The Morgan fingerprint density at radius 1 is 1.56 bits per heavy atom. The van der Waals surface area contributed by atoms with Gasteiger partial charge in [0.05, 0.1) is 18.2 Å². The van der Waals surface area contributed by atoms with Crippen LogP contribution in [0.15, 0.2) is 10.6 Å². The van der Waals surface area contributed by atoms with Gasteiger partial charge in [-0.05, 0) is 0 Å². The van der Waals surface area contributed by atoms with Crippen molar-refractivity contribution in [2.75, 3.05) is 19.1 Å². The second-order valence-electron chi connectivity index (χ2n) is 1.30. The molecule has 0 spiro atoms. The van der Waals surface area contributed by atoms with Crippen LogP contribution in [-0.2, 0) is 4.74 Å². The van der Waals surface area contributed by atoms with Crippen LogP contribution in [0.3, 0.4) is 0 Å². The lowest BCUT2D eigenvalue weighted by atomic mass is 10.7. The summed E-state index contributed by atoms with van der Waals surface area (Å²) in [5, 5.41) is 0.488. The molecule has 0 saturated heterocycles. The zero-order chi connectivity index (χ0) is 7.11. The van der Waals surface area contributed by atoms with Crippen molar-refractivity contribution in [3.05, 3.63) is 10.6 Å². The first-order valence-corrected chi connectivity index (χ1v) is 3.74. The topological polar surface area (TPSA) is 9.23 Å². The SMILES string of the molecule is Cl/C=C(/Cl)COCCCl. The largest absolute Gasteiger partial charge is 0.375 e. The van der Waals surface area contributed by atoms with E-state index in [2.05, 4.69) is 0 Å². The van der Waals surface area contributed by atoms with E-state index < -0.39 is 0 Å². The number of ether oxygens (including phenoxy) is 1. The Kier molecular flexibility index (Phi) is 7.11. The highest BCUT2D eigenvalue weighted by Crippen LogP contribution is 2.02. The average molecular weight is 189 g/mol. The maximum absolute atomic E-state index is 5.46. The van der Waals surface area contributed by atoms with Crippen LogP contribution in [0.1, 0.15) is 0 Å². The van der Waals surface area contributed by atoms with Crippen LogP contribution in [0.4, 0.5) is 0 Å². The maximum atomic E-state index is 5.46. The van der Waals surface area contributed by atoms with Gasteiger partial charge in [-0.15, -0.1) is 11.6 Å². The molecule has 0 fully saturated rings. The highest BCUT2D eigenvalue weighted by molar-refractivity contribution is 6.36. The lowest BCUT2D eigenvalue weighted by Crippen LogP contribution is -1.96. The number of hydrogen-bond donors (Lipinski definition) is 0. The lowest BCUT2D eigenvalue weighted by molar-refractivity contribution is 0.177. The third kappa shape index (κ3) is 6.46. The van der Waals surface area contributed by atoms with Gasteiger partial charge in [-0.3, -0.25) is 0 Å². The van der Waals surface area contributed by atoms with E-state index in [1.807, 2.05) is 0 Å². The van der Waals surface area contributed by atoms with Crippen molar-refractivity contribution in [1.29, 1.82) is 0 Å². The normalized spacial score (nSPS) is 12.1. The van der Waals surface area contributed by atoms with Crippen molar-refractivity contribution in [1.82, 2.24) is 0 Å². The van der Waals surface area contributed by atoms with Gasteiger partial charge < -0.3 is 4.74 Å². The summed E-state index contributed by atoms with van der Waals surface area (Å²) in [4.78, 5) is 0. The summed E-state index contributed by atoms with van der Waals surface area (Å²) < 4.78 is 4.92. The van der Waals surface area contributed by atoms with Crippen LogP contribution < -0.4 is 0 Å². The summed E-state index contributed by atoms with van der Waals surface area (Å²) in [6.45, 7) is 0.848. The molecule has 0 radical (unpaired) electrons.